The maximum Gasteiger partial charge on any atom is 0.222 e. The fraction of sp³-hybridized carbons (Fsp3) is 0.667. The zero-order chi connectivity index (χ0) is 17.3. The van der Waals surface area contributed by atoms with Crippen molar-refractivity contribution in [3.8, 4) is 0 Å². The molecule has 3 rings (SSSR count). The summed E-state index contributed by atoms with van der Waals surface area (Å²) in [6.45, 7) is 5.51. The monoisotopic (exact) mass is 380 g/mol. The van der Waals surface area contributed by atoms with Crippen molar-refractivity contribution >= 4 is 18.3 Å². The molecule has 2 aliphatic heterocycles. The molecule has 1 N–H and O–H groups in total. The number of rotatable bonds is 7. The molecular weight excluding hydrogens is 348 g/mol. The van der Waals surface area contributed by atoms with Crippen molar-refractivity contribution in [1.29, 1.82) is 0 Å². The molecule has 0 atom stereocenters. The van der Waals surface area contributed by atoms with Gasteiger partial charge < -0.3 is 15.0 Å². The van der Waals surface area contributed by atoms with Crippen LogP contribution in [0.2, 0.25) is 0 Å². The first-order valence-corrected chi connectivity index (χ1v) is 9.91. The largest absolute Gasteiger partial charge is 0.381 e. The molecule has 0 aromatic heterocycles. The van der Waals surface area contributed by atoms with Crippen LogP contribution in [-0.2, 0) is 16.1 Å². The number of hydrogen-bond acceptors (Lipinski definition) is 3. The highest BCUT2D eigenvalue weighted by Crippen LogP contribution is 2.21. The average Bonchev–Trinajstić information content (AvgIpc) is 2.68. The predicted molar refractivity (Wildman–Crippen MR) is 107 cm³/mol. The number of carbonyl (C=O) groups excluding carboxylic acids is 1. The van der Waals surface area contributed by atoms with Gasteiger partial charge in [0.1, 0.15) is 0 Å². The third-order valence-corrected chi connectivity index (χ3v) is 5.61. The van der Waals surface area contributed by atoms with Crippen LogP contribution in [0.4, 0.5) is 0 Å². The third kappa shape index (κ3) is 6.90. The summed E-state index contributed by atoms with van der Waals surface area (Å²) in [5.41, 5.74) is 1.23. The van der Waals surface area contributed by atoms with E-state index < -0.39 is 0 Å². The first-order chi connectivity index (χ1) is 12.3. The molecule has 146 valence electrons. The number of piperidine rings is 1. The van der Waals surface area contributed by atoms with Crippen LogP contribution in [-0.4, -0.2) is 43.7 Å². The van der Waals surface area contributed by atoms with Gasteiger partial charge in [-0.25, -0.2) is 0 Å². The van der Waals surface area contributed by atoms with E-state index >= 15 is 0 Å². The van der Waals surface area contributed by atoms with Gasteiger partial charge >= 0.3 is 0 Å². The van der Waals surface area contributed by atoms with Crippen LogP contribution in [0.3, 0.4) is 0 Å². The number of nitrogens with zero attached hydrogens (tertiary/aromatic N) is 1. The Kier molecular flexibility index (Phi) is 9.44. The molecule has 2 fully saturated rings. The number of carbonyl (C=O) groups is 1. The number of benzene rings is 1. The van der Waals surface area contributed by atoms with Crippen molar-refractivity contribution in [3.63, 3.8) is 0 Å². The molecular formula is C21H33ClN2O2. The number of halogens is 1. The second-order valence-corrected chi connectivity index (χ2v) is 7.55. The molecule has 0 spiro atoms. The number of nitrogens with one attached hydrogen (secondary N) is 1. The normalized spacial score (nSPS) is 18.9. The van der Waals surface area contributed by atoms with E-state index in [2.05, 4.69) is 34.5 Å². The Morgan fingerprint density at radius 1 is 1.04 bits per heavy atom. The van der Waals surface area contributed by atoms with Gasteiger partial charge in [-0.15, -0.1) is 12.4 Å². The van der Waals surface area contributed by atoms with Crippen LogP contribution >= 0.6 is 12.4 Å². The van der Waals surface area contributed by atoms with Crippen molar-refractivity contribution in [2.24, 2.45) is 11.8 Å². The summed E-state index contributed by atoms with van der Waals surface area (Å²) in [6, 6.07) is 10.4. The summed E-state index contributed by atoms with van der Waals surface area (Å²) < 4.78 is 5.48. The summed E-state index contributed by atoms with van der Waals surface area (Å²) in [5, 5.41) is 3.40. The van der Waals surface area contributed by atoms with Gasteiger partial charge in [0, 0.05) is 32.7 Å². The molecule has 1 aromatic rings. The smallest absolute Gasteiger partial charge is 0.222 e. The van der Waals surface area contributed by atoms with E-state index in [1.807, 2.05) is 6.07 Å². The summed E-state index contributed by atoms with van der Waals surface area (Å²) in [4.78, 5) is 15.0. The Balaban J connectivity index is 0.00000243. The standard InChI is InChI=1S/C21H32N2O2.ClH/c24-21(7-6-18-8-12-22-13-9-18)23(16-19-4-2-1-3-5-19)17-20-10-14-25-15-11-20;/h1-5,18,20,22H,6-17H2;1H. The summed E-state index contributed by atoms with van der Waals surface area (Å²) in [7, 11) is 0. The van der Waals surface area contributed by atoms with Crippen molar-refractivity contribution in [1.82, 2.24) is 10.2 Å². The molecule has 0 aliphatic carbocycles. The van der Waals surface area contributed by atoms with E-state index in [-0.39, 0.29) is 12.4 Å². The molecule has 4 nitrogen and oxygen atoms in total. The number of ether oxygens (including phenoxy) is 1. The fourth-order valence-electron chi connectivity index (χ4n) is 3.96. The first-order valence-electron chi connectivity index (χ1n) is 9.91. The lowest BCUT2D eigenvalue weighted by molar-refractivity contribution is -0.133. The average molecular weight is 381 g/mol. The molecule has 0 saturated carbocycles. The van der Waals surface area contributed by atoms with Crippen LogP contribution in [0.5, 0.6) is 0 Å². The molecule has 0 bridgehead atoms. The van der Waals surface area contributed by atoms with Crippen molar-refractivity contribution in [3.05, 3.63) is 35.9 Å². The minimum absolute atomic E-state index is 0. The second-order valence-electron chi connectivity index (χ2n) is 7.55. The van der Waals surface area contributed by atoms with E-state index in [4.69, 9.17) is 4.74 Å². The van der Waals surface area contributed by atoms with E-state index in [0.717, 1.165) is 58.7 Å². The molecule has 26 heavy (non-hydrogen) atoms. The Bertz CT molecular complexity index is 514. The summed E-state index contributed by atoms with van der Waals surface area (Å²) >= 11 is 0. The molecule has 1 aromatic carbocycles. The first kappa shape index (κ1) is 21.2. The van der Waals surface area contributed by atoms with Crippen LogP contribution in [0, 0.1) is 11.8 Å². The van der Waals surface area contributed by atoms with Gasteiger partial charge in [0.15, 0.2) is 0 Å². The number of hydrogen-bond donors (Lipinski definition) is 1. The lowest BCUT2D eigenvalue weighted by Gasteiger charge is -2.31. The SMILES string of the molecule is Cl.O=C(CCC1CCNCC1)N(Cc1ccccc1)CC1CCOCC1. The topological polar surface area (TPSA) is 41.6 Å². The molecule has 1 amide bonds. The minimum Gasteiger partial charge on any atom is -0.381 e. The zero-order valence-corrected chi connectivity index (χ0v) is 16.5. The van der Waals surface area contributed by atoms with Crippen molar-refractivity contribution in [2.75, 3.05) is 32.8 Å². The van der Waals surface area contributed by atoms with Crippen LogP contribution in [0.1, 0.15) is 44.1 Å². The van der Waals surface area contributed by atoms with Gasteiger partial charge in [0.2, 0.25) is 5.91 Å². The Morgan fingerprint density at radius 2 is 1.73 bits per heavy atom. The van der Waals surface area contributed by atoms with Gasteiger partial charge in [0.25, 0.3) is 0 Å². The molecule has 5 heteroatoms. The lowest BCUT2D eigenvalue weighted by Crippen LogP contribution is -2.37. The Labute approximate surface area is 164 Å². The fourth-order valence-corrected chi connectivity index (χ4v) is 3.96. The molecule has 2 aliphatic rings. The van der Waals surface area contributed by atoms with Gasteiger partial charge in [-0.3, -0.25) is 4.79 Å². The lowest BCUT2D eigenvalue weighted by atomic mass is 9.92. The molecule has 2 heterocycles. The van der Waals surface area contributed by atoms with Crippen LogP contribution in [0.25, 0.3) is 0 Å². The van der Waals surface area contributed by atoms with Crippen LogP contribution < -0.4 is 5.32 Å². The van der Waals surface area contributed by atoms with Gasteiger partial charge in [-0.2, -0.15) is 0 Å². The highest BCUT2D eigenvalue weighted by atomic mass is 35.5. The predicted octanol–water partition coefficient (Wildman–Crippen LogP) is 3.64. The highest BCUT2D eigenvalue weighted by Gasteiger charge is 2.22. The van der Waals surface area contributed by atoms with Gasteiger partial charge in [-0.1, -0.05) is 30.3 Å². The minimum atomic E-state index is 0. The van der Waals surface area contributed by atoms with E-state index in [1.54, 1.807) is 0 Å². The second kappa shape index (κ2) is 11.6. The molecule has 0 unspecified atom stereocenters. The zero-order valence-electron chi connectivity index (χ0n) is 15.7. The maximum atomic E-state index is 12.9. The Morgan fingerprint density at radius 3 is 2.42 bits per heavy atom. The number of amides is 1. The van der Waals surface area contributed by atoms with E-state index in [0.29, 0.717) is 24.2 Å². The summed E-state index contributed by atoms with van der Waals surface area (Å²) in [6.07, 6.45) is 6.32. The molecule has 2 saturated heterocycles. The van der Waals surface area contributed by atoms with Crippen molar-refractivity contribution in [2.45, 2.75) is 45.1 Å². The van der Waals surface area contributed by atoms with Gasteiger partial charge in [0.05, 0.1) is 0 Å². The third-order valence-electron chi connectivity index (χ3n) is 5.61. The van der Waals surface area contributed by atoms with E-state index in [9.17, 15) is 4.79 Å². The van der Waals surface area contributed by atoms with Gasteiger partial charge in [-0.05, 0) is 62.6 Å². The van der Waals surface area contributed by atoms with E-state index in [1.165, 1.54) is 18.4 Å². The highest BCUT2D eigenvalue weighted by molar-refractivity contribution is 5.85. The van der Waals surface area contributed by atoms with Crippen molar-refractivity contribution < 1.29 is 9.53 Å². The maximum absolute atomic E-state index is 12.9. The molecule has 0 radical (unpaired) electrons. The quantitative estimate of drug-likeness (QED) is 0.785. The summed E-state index contributed by atoms with van der Waals surface area (Å²) in [5.74, 6) is 1.63. The van der Waals surface area contributed by atoms with Crippen LogP contribution in [0.15, 0.2) is 30.3 Å². The Hall–Kier alpha value is -1.10.